The number of carbonyl (C=O) groups excluding carboxylic acids is 2. The van der Waals surface area contributed by atoms with Crippen LogP contribution in [0, 0.1) is 0 Å². The molecule has 0 bridgehead atoms. The first-order valence-electron chi connectivity index (χ1n) is 10.9. The third-order valence-electron chi connectivity index (χ3n) is 5.46. The first-order valence-corrected chi connectivity index (χ1v) is 11.9. The molecule has 1 aromatic rings. The van der Waals surface area contributed by atoms with Gasteiger partial charge >= 0.3 is 0 Å². The van der Waals surface area contributed by atoms with Crippen LogP contribution in [0.25, 0.3) is 0 Å². The zero-order valence-electron chi connectivity index (χ0n) is 18.8. The Balaban J connectivity index is 1.55. The smallest absolute Gasteiger partial charge is 0.255 e. The Morgan fingerprint density at radius 1 is 1.06 bits per heavy atom. The minimum absolute atomic E-state index is 0.00282. The van der Waals surface area contributed by atoms with E-state index in [1.54, 1.807) is 0 Å². The van der Waals surface area contributed by atoms with E-state index in [-0.39, 0.29) is 11.8 Å². The Labute approximate surface area is 193 Å². The van der Waals surface area contributed by atoms with Gasteiger partial charge in [-0.3, -0.25) is 14.5 Å². The number of hydrogen-bond acceptors (Lipinski definition) is 7. The number of hydrogen-bond donors (Lipinski definition) is 1. The molecule has 0 unspecified atom stereocenters. The zero-order valence-corrected chi connectivity index (χ0v) is 19.6. The highest BCUT2D eigenvalue weighted by Gasteiger charge is 2.26. The normalized spacial score (nSPS) is 17.9. The predicted molar refractivity (Wildman–Crippen MR) is 126 cm³/mol. The van der Waals surface area contributed by atoms with E-state index in [2.05, 4.69) is 10.1 Å². The highest BCUT2D eigenvalue weighted by atomic mass is 32.2. The molecule has 32 heavy (non-hydrogen) atoms. The number of morpholine rings is 1. The Morgan fingerprint density at radius 2 is 1.75 bits per heavy atom. The maximum absolute atomic E-state index is 13.2. The van der Waals surface area contributed by atoms with Crippen molar-refractivity contribution in [2.45, 2.75) is 18.7 Å². The van der Waals surface area contributed by atoms with Gasteiger partial charge in [0.15, 0.2) is 0 Å². The molecule has 2 aliphatic heterocycles. The summed E-state index contributed by atoms with van der Waals surface area (Å²) in [6, 6.07) is 7.54. The van der Waals surface area contributed by atoms with Crippen LogP contribution in [0.2, 0.25) is 0 Å². The van der Waals surface area contributed by atoms with Crippen LogP contribution >= 0.6 is 11.8 Å². The van der Waals surface area contributed by atoms with Crippen molar-refractivity contribution >= 4 is 29.3 Å². The average Bonchev–Trinajstić information content (AvgIpc) is 2.82. The maximum Gasteiger partial charge on any atom is 0.255 e. The molecule has 2 amide bonds. The predicted octanol–water partition coefficient (Wildman–Crippen LogP) is 2.19. The lowest BCUT2D eigenvalue weighted by molar-refractivity contribution is -0.136. The number of rotatable bonds is 7. The van der Waals surface area contributed by atoms with E-state index in [0.717, 1.165) is 10.5 Å². The highest BCUT2D eigenvalue weighted by molar-refractivity contribution is 8.00. The van der Waals surface area contributed by atoms with Gasteiger partial charge < -0.3 is 19.7 Å². The molecule has 2 heterocycles. The number of allylic oxidation sites excluding steroid dienone is 2. The third kappa shape index (κ3) is 6.82. The minimum atomic E-state index is -0.00282. The monoisotopic (exact) mass is 460 g/mol. The summed E-state index contributed by atoms with van der Waals surface area (Å²) in [5.74, 6) is 0.605. The van der Waals surface area contributed by atoms with Crippen LogP contribution in [0.1, 0.15) is 24.2 Å². The van der Waals surface area contributed by atoms with E-state index < -0.39 is 0 Å². The number of amides is 2. The number of benzene rings is 1. The molecule has 0 atom stereocenters. The first-order chi connectivity index (χ1) is 15.5. The summed E-state index contributed by atoms with van der Waals surface area (Å²) in [5.41, 5.74) is 2.27. The molecule has 9 heteroatoms. The molecule has 0 radical (unpaired) electrons. The number of thioether (sulfide) groups is 1. The van der Waals surface area contributed by atoms with Crippen LogP contribution in [0.3, 0.4) is 0 Å². The first kappa shape index (κ1) is 24.3. The quantitative estimate of drug-likeness (QED) is 0.291. The lowest BCUT2D eigenvalue weighted by Crippen LogP contribution is -2.52. The average molecular weight is 461 g/mol. The van der Waals surface area contributed by atoms with E-state index in [1.165, 1.54) is 11.8 Å². The summed E-state index contributed by atoms with van der Waals surface area (Å²) in [4.78, 5) is 32.4. The molecular weight excluding hydrogens is 428 g/mol. The standard InChI is InChI=1S/C23H32N4O4S/c1-18(2)15-19(24-30)17-32-21-6-4-3-5-20(21)23(29)27-9-7-25(8-10-27)16-22(28)26-11-13-31-14-12-26/h3-6,15,30H,7-14,16-17H2,1-2H3/b24-19+. The van der Waals surface area contributed by atoms with Crippen LogP contribution in [-0.2, 0) is 9.53 Å². The molecule has 0 saturated carbocycles. The van der Waals surface area contributed by atoms with Crippen molar-refractivity contribution in [3.05, 3.63) is 41.5 Å². The van der Waals surface area contributed by atoms with Crippen LogP contribution in [0.15, 0.2) is 46.0 Å². The summed E-state index contributed by atoms with van der Waals surface area (Å²) in [5, 5.41) is 12.6. The summed E-state index contributed by atoms with van der Waals surface area (Å²) >= 11 is 1.49. The largest absolute Gasteiger partial charge is 0.411 e. The number of carbonyl (C=O) groups is 2. The van der Waals surface area contributed by atoms with Gasteiger partial charge in [-0.25, -0.2) is 0 Å². The van der Waals surface area contributed by atoms with Gasteiger partial charge in [0.25, 0.3) is 5.91 Å². The molecule has 1 N–H and O–H groups in total. The molecule has 0 spiro atoms. The number of piperazine rings is 1. The van der Waals surface area contributed by atoms with Gasteiger partial charge in [-0.05, 0) is 32.1 Å². The van der Waals surface area contributed by atoms with E-state index in [4.69, 9.17) is 4.74 Å². The van der Waals surface area contributed by atoms with Crippen molar-refractivity contribution in [1.29, 1.82) is 0 Å². The molecule has 174 valence electrons. The zero-order chi connectivity index (χ0) is 22.9. The third-order valence-corrected chi connectivity index (χ3v) is 6.57. The maximum atomic E-state index is 13.2. The number of oxime groups is 1. The second kappa shape index (κ2) is 12.0. The summed E-state index contributed by atoms with van der Waals surface area (Å²) in [7, 11) is 0. The fourth-order valence-corrected chi connectivity index (χ4v) is 4.67. The van der Waals surface area contributed by atoms with E-state index >= 15 is 0 Å². The second-order valence-electron chi connectivity index (χ2n) is 8.16. The van der Waals surface area contributed by atoms with Gasteiger partial charge in [-0.2, -0.15) is 0 Å². The second-order valence-corrected chi connectivity index (χ2v) is 9.18. The van der Waals surface area contributed by atoms with E-state index in [1.807, 2.05) is 54.0 Å². The SMILES string of the molecule is CC(C)=C/C(CSc1ccccc1C(=O)N1CCN(CC(=O)N2CCOCC2)CC1)=N\O. The highest BCUT2D eigenvalue weighted by Crippen LogP contribution is 2.25. The molecule has 1 aromatic carbocycles. The van der Waals surface area contributed by atoms with Crippen LogP contribution in [0.5, 0.6) is 0 Å². The molecule has 0 aliphatic carbocycles. The Morgan fingerprint density at radius 3 is 2.41 bits per heavy atom. The Bertz CT molecular complexity index is 855. The van der Waals surface area contributed by atoms with Crippen molar-refractivity contribution in [2.24, 2.45) is 5.16 Å². The van der Waals surface area contributed by atoms with Gasteiger partial charge in [-0.15, -0.1) is 11.8 Å². The van der Waals surface area contributed by atoms with Gasteiger partial charge in [-0.1, -0.05) is 22.9 Å². The van der Waals surface area contributed by atoms with Gasteiger partial charge in [0.2, 0.25) is 5.91 Å². The topological polar surface area (TPSA) is 85.7 Å². The molecule has 2 aliphatic rings. The molecule has 8 nitrogen and oxygen atoms in total. The number of ether oxygens (including phenoxy) is 1. The Kier molecular flexibility index (Phi) is 9.13. The lowest BCUT2D eigenvalue weighted by atomic mass is 10.1. The van der Waals surface area contributed by atoms with Gasteiger partial charge in [0, 0.05) is 49.9 Å². The van der Waals surface area contributed by atoms with Gasteiger partial charge in [0.1, 0.15) is 0 Å². The fourth-order valence-electron chi connectivity index (χ4n) is 3.74. The number of nitrogens with zero attached hydrogens (tertiary/aromatic N) is 4. The van der Waals surface area contributed by atoms with Crippen molar-refractivity contribution in [1.82, 2.24) is 14.7 Å². The lowest BCUT2D eigenvalue weighted by Gasteiger charge is -2.36. The Hall–Kier alpha value is -2.36. The summed E-state index contributed by atoms with van der Waals surface area (Å²) in [6.45, 7) is 9.34. The summed E-state index contributed by atoms with van der Waals surface area (Å²) < 4.78 is 5.31. The van der Waals surface area contributed by atoms with Gasteiger partial charge in [0.05, 0.1) is 31.0 Å². The molecular formula is C23H32N4O4S. The molecule has 3 rings (SSSR count). The van der Waals surface area contributed by atoms with Crippen LogP contribution in [-0.4, -0.2) is 102 Å². The van der Waals surface area contributed by atoms with Crippen LogP contribution in [0.4, 0.5) is 0 Å². The molecule has 2 fully saturated rings. The minimum Gasteiger partial charge on any atom is -0.411 e. The van der Waals surface area contributed by atoms with E-state index in [9.17, 15) is 14.8 Å². The van der Waals surface area contributed by atoms with Crippen molar-refractivity contribution in [3.8, 4) is 0 Å². The van der Waals surface area contributed by atoms with Crippen molar-refractivity contribution in [2.75, 3.05) is 64.8 Å². The van der Waals surface area contributed by atoms with Crippen molar-refractivity contribution < 1.29 is 19.5 Å². The van der Waals surface area contributed by atoms with Crippen molar-refractivity contribution in [3.63, 3.8) is 0 Å². The summed E-state index contributed by atoms with van der Waals surface area (Å²) in [6.07, 6.45) is 1.83. The molecule has 0 aromatic heterocycles. The fraction of sp³-hybridized carbons (Fsp3) is 0.522. The molecule has 2 saturated heterocycles. The van der Waals surface area contributed by atoms with E-state index in [0.29, 0.717) is 76.1 Å². The van der Waals surface area contributed by atoms with Crippen LogP contribution < -0.4 is 0 Å².